The third-order valence-corrected chi connectivity index (χ3v) is 4.27. The molecule has 0 aromatic heterocycles. The van der Waals surface area contributed by atoms with Gasteiger partial charge in [0.15, 0.2) is 0 Å². The molecule has 1 aliphatic heterocycles. The number of nitro benzene ring substituents is 1. The summed E-state index contributed by atoms with van der Waals surface area (Å²) in [6, 6.07) is 5.29. The third kappa shape index (κ3) is 2.05. The Balaban J connectivity index is 1.99. The average Bonchev–Trinajstić information content (AvgIpc) is 2.71. The van der Waals surface area contributed by atoms with Crippen molar-refractivity contribution in [2.75, 3.05) is 4.90 Å². The molecule has 3 amide bonds. The van der Waals surface area contributed by atoms with Crippen LogP contribution in [-0.4, -0.2) is 22.4 Å². The van der Waals surface area contributed by atoms with Gasteiger partial charge < -0.3 is 0 Å². The van der Waals surface area contributed by atoms with Gasteiger partial charge in [0.2, 0.25) is 0 Å². The lowest BCUT2D eigenvalue weighted by Crippen LogP contribution is -2.51. The van der Waals surface area contributed by atoms with Crippen molar-refractivity contribution in [3.63, 3.8) is 0 Å². The Morgan fingerprint density at radius 2 is 1.71 bits per heavy atom. The van der Waals surface area contributed by atoms with Crippen molar-refractivity contribution in [1.82, 2.24) is 5.32 Å². The zero-order valence-electron chi connectivity index (χ0n) is 11.4. The van der Waals surface area contributed by atoms with Crippen LogP contribution in [0.5, 0.6) is 0 Å². The summed E-state index contributed by atoms with van der Waals surface area (Å²) < 4.78 is 0. The Kier molecular flexibility index (Phi) is 3.12. The summed E-state index contributed by atoms with van der Waals surface area (Å²) >= 11 is 0. The Morgan fingerprint density at radius 1 is 1.10 bits per heavy atom. The maximum absolute atomic E-state index is 12.2. The van der Waals surface area contributed by atoms with Gasteiger partial charge in [-0.1, -0.05) is 19.3 Å². The molecular formula is C14H15N3O4. The highest BCUT2D eigenvalue weighted by Crippen LogP contribution is 2.40. The van der Waals surface area contributed by atoms with Gasteiger partial charge in [0.1, 0.15) is 5.54 Å². The molecule has 1 saturated heterocycles. The van der Waals surface area contributed by atoms with Gasteiger partial charge in [-0.25, -0.2) is 4.79 Å². The van der Waals surface area contributed by atoms with Crippen LogP contribution in [0.15, 0.2) is 24.3 Å². The van der Waals surface area contributed by atoms with E-state index >= 15 is 0 Å². The molecule has 2 fully saturated rings. The van der Waals surface area contributed by atoms with Crippen LogP contribution < -0.4 is 10.2 Å². The van der Waals surface area contributed by atoms with E-state index in [-0.39, 0.29) is 11.6 Å². The standard InChI is InChI=1S/C14H15N3O4/c18-12-14(8-2-1-3-9-14)16(13(19)15-12)10-4-6-11(7-5-10)17(20)21/h4-7H,1-3,8-9H2,(H,15,18,19). The van der Waals surface area contributed by atoms with Crippen molar-refractivity contribution in [1.29, 1.82) is 0 Å². The van der Waals surface area contributed by atoms with Gasteiger partial charge in [0.25, 0.3) is 11.6 Å². The smallest absolute Gasteiger partial charge is 0.279 e. The lowest BCUT2D eigenvalue weighted by Gasteiger charge is -2.38. The molecule has 7 heteroatoms. The first kappa shape index (κ1) is 13.5. The number of non-ortho nitro benzene ring substituents is 1. The highest BCUT2D eigenvalue weighted by atomic mass is 16.6. The van der Waals surface area contributed by atoms with E-state index < -0.39 is 16.5 Å². The lowest BCUT2D eigenvalue weighted by atomic mass is 9.80. The van der Waals surface area contributed by atoms with Crippen LogP contribution in [0.3, 0.4) is 0 Å². The summed E-state index contributed by atoms with van der Waals surface area (Å²) in [6.07, 6.45) is 4.09. The van der Waals surface area contributed by atoms with Crippen molar-refractivity contribution in [2.24, 2.45) is 0 Å². The number of anilines is 1. The maximum Gasteiger partial charge on any atom is 0.329 e. The Morgan fingerprint density at radius 3 is 2.29 bits per heavy atom. The second-order valence-electron chi connectivity index (χ2n) is 5.46. The minimum atomic E-state index is -0.828. The summed E-state index contributed by atoms with van der Waals surface area (Å²) in [5, 5.41) is 13.1. The van der Waals surface area contributed by atoms with Crippen LogP contribution >= 0.6 is 0 Å². The molecular weight excluding hydrogens is 274 g/mol. The SMILES string of the molecule is O=C1NC(=O)C2(CCCCC2)N1c1ccc([N+](=O)[O-])cc1. The van der Waals surface area contributed by atoms with E-state index in [0.29, 0.717) is 18.5 Å². The monoisotopic (exact) mass is 289 g/mol. The van der Waals surface area contributed by atoms with E-state index in [1.165, 1.54) is 29.2 Å². The molecule has 3 rings (SSSR count). The molecule has 0 radical (unpaired) electrons. The molecule has 0 bridgehead atoms. The Bertz CT molecular complexity index is 605. The Labute approximate surface area is 121 Å². The molecule has 2 aliphatic rings. The fourth-order valence-corrected chi connectivity index (χ4v) is 3.24. The number of carbonyl (C=O) groups excluding carboxylic acids is 2. The van der Waals surface area contributed by atoms with Crippen LogP contribution in [0, 0.1) is 10.1 Å². The van der Waals surface area contributed by atoms with Crippen LogP contribution in [0.4, 0.5) is 16.2 Å². The maximum atomic E-state index is 12.2. The Hall–Kier alpha value is -2.44. The molecule has 1 spiro atoms. The quantitative estimate of drug-likeness (QED) is 0.514. The molecule has 1 N–H and O–H groups in total. The number of hydrogen-bond donors (Lipinski definition) is 1. The molecule has 1 aliphatic carbocycles. The molecule has 1 heterocycles. The second kappa shape index (κ2) is 4.83. The van der Waals surface area contributed by atoms with E-state index in [9.17, 15) is 19.7 Å². The van der Waals surface area contributed by atoms with Crippen molar-refractivity contribution < 1.29 is 14.5 Å². The van der Waals surface area contributed by atoms with Crippen molar-refractivity contribution in [3.05, 3.63) is 34.4 Å². The predicted octanol–water partition coefficient (Wildman–Crippen LogP) is 2.35. The fourth-order valence-electron chi connectivity index (χ4n) is 3.24. The number of nitrogens with zero attached hydrogens (tertiary/aromatic N) is 2. The van der Waals surface area contributed by atoms with Crippen LogP contribution in [-0.2, 0) is 4.79 Å². The zero-order valence-corrected chi connectivity index (χ0v) is 11.4. The van der Waals surface area contributed by atoms with Gasteiger partial charge in [0, 0.05) is 17.8 Å². The number of amides is 3. The number of rotatable bonds is 2. The highest BCUT2D eigenvalue weighted by Gasteiger charge is 2.53. The summed E-state index contributed by atoms with van der Waals surface area (Å²) in [5.41, 5.74) is -0.348. The van der Waals surface area contributed by atoms with E-state index in [4.69, 9.17) is 0 Å². The van der Waals surface area contributed by atoms with Crippen LogP contribution in [0.1, 0.15) is 32.1 Å². The van der Waals surface area contributed by atoms with Gasteiger partial charge >= 0.3 is 6.03 Å². The second-order valence-corrected chi connectivity index (χ2v) is 5.46. The minimum Gasteiger partial charge on any atom is -0.279 e. The first-order valence-electron chi connectivity index (χ1n) is 6.95. The average molecular weight is 289 g/mol. The summed E-state index contributed by atoms with van der Waals surface area (Å²) in [5.74, 6) is -0.259. The van der Waals surface area contributed by atoms with E-state index in [0.717, 1.165) is 19.3 Å². The van der Waals surface area contributed by atoms with Gasteiger partial charge in [-0.05, 0) is 25.0 Å². The highest BCUT2D eigenvalue weighted by molar-refractivity contribution is 6.17. The van der Waals surface area contributed by atoms with Gasteiger partial charge in [-0.15, -0.1) is 0 Å². The third-order valence-electron chi connectivity index (χ3n) is 4.27. The summed E-state index contributed by atoms with van der Waals surface area (Å²) in [7, 11) is 0. The number of imide groups is 1. The molecule has 21 heavy (non-hydrogen) atoms. The lowest BCUT2D eigenvalue weighted by molar-refractivity contribution is -0.384. The summed E-state index contributed by atoms with van der Waals surface area (Å²) in [6.45, 7) is 0. The largest absolute Gasteiger partial charge is 0.329 e. The number of benzene rings is 1. The minimum absolute atomic E-state index is 0.0395. The normalized spacial score (nSPS) is 20.7. The molecule has 7 nitrogen and oxygen atoms in total. The molecule has 1 saturated carbocycles. The number of carbonyl (C=O) groups is 2. The van der Waals surface area contributed by atoms with Crippen LogP contribution in [0.2, 0.25) is 0 Å². The van der Waals surface area contributed by atoms with Gasteiger partial charge in [-0.2, -0.15) is 0 Å². The summed E-state index contributed by atoms with van der Waals surface area (Å²) in [4.78, 5) is 36.1. The van der Waals surface area contributed by atoms with Crippen molar-refractivity contribution in [2.45, 2.75) is 37.6 Å². The first-order valence-corrected chi connectivity index (χ1v) is 6.95. The van der Waals surface area contributed by atoms with Crippen molar-refractivity contribution in [3.8, 4) is 0 Å². The number of urea groups is 1. The zero-order chi connectivity index (χ0) is 15.0. The fraction of sp³-hybridized carbons (Fsp3) is 0.429. The first-order chi connectivity index (χ1) is 10.0. The van der Waals surface area contributed by atoms with Gasteiger partial charge in [-0.3, -0.25) is 25.1 Å². The topological polar surface area (TPSA) is 92.6 Å². The van der Waals surface area contributed by atoms with E-state index in [2.05, 4.69) is 5.32 Å². The van der Waals surface area contributed by atoms with Gasteiger partial charge in [0.05, 0.1) is 4.92 Å². The molecule has 1 aromatic rings. The van der Waals surface area contributed by atoms with E-state index in [1.54, 1.807) is 0 Å². The number of nitro groups is 1. The molecule has 1 aromatic carbocycles. The van der Waals surface area contributed by atoms with Crippen molar-refractivity contribution >= 4 is 23.3 Å². The number of hydrogen-bond acceptors (Lipinski definition) is 4. The predicted molar refractivity (Wildman–Crippen MR) is 74.9 cm³/mol. The molecule has 0 unspecified atom stereocenters. The molecule has 110 valence electrons. The molecule has 0 atom stereocenters. The number of nitrogens with one attached hydrogen (secondary N) is 1. The van der Waals surface area contributed by atoms with E-state index in [1.807, 2.05) is 0 Å². The van der Waals surface area contributed by atoms with Crippen LogP contribution in [0.25, 0.3) is 0 Å².